The van der Waals surface area contributed by atoms with Gasteiger partial charge in [-0.2, -0.15) is 10.2 Å². The topological polar surface area (TPSA) is 123 Å². The SMILES string of the molecule is CNc1ccc(N=Nc2ccc([N+](=O)[O-])c([N+](=O)[O-])c2)cc1. The zero-order valence-corrected chi connectivity index (χ0v) is 11.5. The number of azo groups is 1. The molecule has 0 saturated carbocycles. The van der Waals surface area contributed by atoms with Crippen molar-refractivity contribution in [3.8, 4) is 0 Å². The zero-order valence-electron chi connectivity index (χ0n) is 11.5. The van der Waals surface area contributed by atoms with Crippen LogP contribution in [0.2, 0.25) is 0 Å². The smallest absolute Gasteiger partial charge is 0.348 e. The second-order valence-corrected chi connectivity index (χ2v) is 4.18. The van der Waals surface area contributed by atoms with Gasteiger partial charge in [-0.3, -0.25) is 20.2 Å². The van der Waals surface area contributed by atoms with Gasteiger partial charge in [-0.15, -0.1) is 0 Å². The van der Waals surface area contributed by atoms with Crippen LogP contribution in [-0.2, 0) is 0 Å². The van der Waals surface area contributed by atoms with E-state index in [0.717, 1.165) is 17.8 Å². The Morgan fingerprint density at radius 2 is 1.41 bits per heavy atom. The summed E-state index contributed by atoms with van der Waals surface area (Å²) in [7, 11) is 1.78. The zero-order chi connectivity index (χ0) is 16.1. The van der Waals surface area contributed by atoms with Gasteiger partial charge in [-0.25, -0.2) is 0 Å². The van der Waals surface area contributed by atoms with Crippen molar-refractivity contribution in [3.05, 3.63) is 62.7 Å². The summed E-state index contributed by atoms with van der Waals surface area (Å²) in [5.41, 5.74) is 0.425. The lowest BCUT2D eigenvalue weighted by Crippen LogP contribution is -1.95. The van der Waals surface area contributed by atoms with Gasteiger partial charge in [0, 0.05) is 18.8 Å². The average molecular weight is 301 g/mol. The van der Waals surface area contributed by atoms with Gasteiger partial charge >= 0.3 is 11.4 Å². The number of benzene rings is 2. The van der Waals surface area contributed by atoms with Gasteiger partial charge in [-0.05, 0) is 30.3 Å². The molecule has 1 N–H and O–H groups in total. The third-order valence-electron chi connectivity index (χ3n) is 2.79. The van der Waals surface area contributed by atoms with Gasteiger partial charge in [-0.1, -0.05) is 0 Å². The summed E-state index contributed by atoms with van der Waals surface area (Å²) in [6, 6.07) is 10.4. The Bertz CT molecular complexity index is 743. The number of hydrogen-bond acceptors (Lipinski definition) is 7. The Morgan fingerprint density at radius 1 is 0.864 bits per heavy atom. The van der Waals surface area contributed by atoms with Crippen LogP contribution < -0.4 is 5.32 Å². The van der Waals surface area contributed by atoms with Crippen LogP contribution in [0.25, 0.3) is 0 Å². The highest BCUT2D eigenvalue weighted by atomic mass is 16.6. The van der Waals surface area contributed by atoms with Crippen LogP contribution in [0.3, 0.4) is 0 Å². The van der Waals surface area contributed by atoms with Crippen molar-refractivity contribution in [1.29, 1.82) is 0 Å². The van der Waals surface area contributed by atoms with Crippen LogP contribution in [-0.4, -0.2) is 16.9 Å². The molecule has 2 rings (SSSR count). The first-order valence-corrected chi connectivity index (χ1v) is 6.13. The van der Waals surface area contributed by atoms with Crippen molar-refractivity contribution >= 4 is 28.4 Å². The molecular formula is C13H11N5O4. The van der Waals surface area contributed by atoms with Crippen LogP contribution in [0.5, 0.6) is 0 Å². The van der Waals surface area contributed by atoms with E-state index in [1.54, 1.807) is 31.3 Å². The fraction of sp³-hybridized carbons (Fsp3) is 0.0769. The molecule has 2 aromatic rings. The summed E-state index contributed by atoms with van der Waals surface area (Å²) < 4.78 is 0. The van der Waals surface area contributed by atoms with Crippen LogP contribution in [0, 0.1) is 20.2 Å². The van der Waals surface area contributed by atoms with Gasteiger partial charge in [0.1, 0.15) is 0 Å². The van der Waals surface area contributed by atoms with Crippen LogP contribution in [0.15, 0.2) is 52.7 Å². The highest BCUT2D eigenvalue weighted by Crippen LogP contribution is 2.31. The van der Waals surface area contributed by atoms with E-state index >= 15 is 0 Å². The average Bonchev–Trinajstić information content (AvgIpc) is 2.53. The van der Waals surface area contributed by atoms with E-state index in [1.807, 2.05) is 0 Å². The second-order valence-electron chi connectivity index (χ2n) is 4.18. The van der Waals surface area contributed by atoms with E-state index in [0.29, 0.717) is 5.69 Å². The first-order valence-electron chi connectivity index (χ1n) is 6.13. The maximum Gasteiger partial charge on any atom is 0.348 e. The molecule has 2 aromatic carbocycles. The summed E-state index contributed by atoms with van der Waals surface area (Å²) in [6.07, 6.45) is 0. The Balaban J connectivity index is 2.28. The van der Waals surface area contributed by atoms with Gasteiger partial charge in [0.25, 0.3) is 0 Å². The summed E-state index contributed by atoms with van der Waals surface area (Å²) in [5.74, 6) is 0. The molecule has 0 aliphatic carbocycles. The van der Waals surface area contributed by atoms with Crippen LogP contribution >= 0.6 is 0 Å². The van der Waals surface area contributed by atoms with Crippen molar-refractivity contribution in [2.75, 3.05) is 12.4 Å². The van der Waals surface area contributed by atoms with Gasteiger partial charge < -0.3 is 5.32 Å². The van der Waals surface area contributed by atoms with Crippen molar-refractivity contribution in [3.63, 3.8) is 0 Å². The van der Waals surface area contributed by atoms with E-state index in [-0.39, 0.29) is 5.69 Å². The van der Waals surface area contributed by atoms with E-state index in [1.165, 1.54) is 6.07 Å². The van der Waals surface area contributed by atoms with Gasteiger partial charge in [0.05, 0.1) is 27.3 Å². The van der Waals surface area contributed by atoms with E-state index in [4.69, 9.17) is 0 Å². The molecule has 22 heavy (non-hydrogen) atoms. The molecule has 0 unspecified atom stereocenters. The third-order valence-corrected chi connectivity index (χ3v) is 2.79. The molecule has 0 amide bonds. The summed E-state index contributed by atoms with van der Waals surface area (Å²) in [6.45, 7) is 0. The number of nitro groups is 2. The number of anilines is 1. The molecule has 0 saturated heterocycles. The summed E-state index contributed by atoms with van der Waals surface area (Å²) in [5, 5.41) is 32.3. The maximum atomic E-state index is 10.8. The first kappa shape index (κ1) is 15.0. The highest BCUT2D eigenvalue weighted by Gasteiger charge is 2.24. The third kappa shape index (κ3) is 3.39. The van der Waals surface area contributed by atoms with Gasteiger partial charge in [0.2, 0.25) is 0 Å². The predicted molar refractivity (Wildman–Crippen MR) is 79.9 cm³/mol. The molecule has 9 nitrogen and oxygen atoms in total. The maximum absolute atomic E-state index is 10.8. The number of hydrogen-bond donors (Lipinski definition) is 1. The van der Waals surface area contributed by atoms with E-state index in [9.17, 15) is 20.2 Å². The molecular weight excluding hydrogens is 290 g/mol. The monoisotopic (exact) mass is 301 g/mol. The van der Waals surface area contributed by atoms with E-state index < -0.39 is 21.2 Å². The molecule has 0 atom stereocenters. The standard InChI is InChI=1S/C13H11N5O4/c1-14-9-2-4-10(5-3-9)15-16-11-6-7-12(17(19)20)13(8-11)18(21)22/h2-8,14H,1H3. The molecule has 0 aliphatic rings. The minimum atomic E-state index is -0.821. The van der Waals surface area contributed by atoms with E-state index in [2.05, 4.69) is 15.5 Å². The number of rotatable bonds is 5. The molecule has 0 heterocycles. The molecule has 0 radical (unpaired) electrons. The minimum Gasteiger partial charge on any atom is -0.388 e. The molecule has 0 fully saturated rings. The van der Waals surface area contributed by atoms with Crippen molar-refractivity contribution in [1.82, 2.24) is 0 Å². The molecule has 0 bridgehead atoms. The Morgan fingerprint density at radius 3 is 1.95 bits per heavy atom. The minimum absolute atomic E-state index is 0.162. The van der Waals surface area contributed by atoms with Crippen LogP contribution in [0.4, 0.5) is 28.4 Å². The largest absolute Gasteiger partial charge is 0.388 e. The quantitative estimate of drug-likeness (QED) is 0.508. The fourth-order valence-electron chi connectivity index (χ4n) is 1.68. The van der Waals surface area contributed by atoms with Crippen molar-refractivity contribution < 1.29 is 9.85 Å². The van der Waals surface area contributed by atoms with Crippen molar-refractivity contribution in [2.45, 2.75) is 0 Å². The fourth-order valence-corrected chi connectivity index (χ4v) is 1.68. The number of nitro benzene ring substituents is 2. The number of nitrogens with one attached hydrogen (secondary N) is 1. The predicted octanol–water partition coefficient (Wildman–Crippen LogP) is 3.96. The molecule has 0 aliphatic heterocycles. The second kappa shape index (κ2) is 6.39. The Hall–Kier alpha value is -3.36. The normalized spacial score (nSPS) is 10.6. The molecule has 112 valence electrons. The molecule has 0 spiro atoms. The first-order chi connectivity index (χ1) is 10.5. The lowest BCUT2D eigenvalue weighted by atomic mass is 10.2. The highest BCUT2D eigenvalue weighted by molar-refractivity contribution is 5.60. The van der Waals surface area contributed by atoms with Crippen molar-refractivity contribution in [2.24, 2.45) is 10.2 Å². The number of nitrogens with zero attached hydrogens (tertiary/aromatic N) is 4. The molecule has 0 aromatic heterocycles. The summed E-state index contributed by atoms with van der Waals surface area (Å²) >= 11 is 0. The lowest BCUT2D eigenvalue weighted by Gasteiger charge is -1.99. The van der Waals surface area contributed by atoms with Gasteiger partial charge in [0.15, 0.2) is 0 Å². The Labute approximate surface area is 124 Å². The Kier molecular flexibility index (Phi) is 4.37. The van der Waals surface area contributed by atoms with Crippen LogP contribution in [0.1, 0.15) is 0 Å². The molecule has 9 heteroatoms. The lowest BCUT2D eigenvalue weighted by molar-refractivity contribution is -0.422. The summed E-state index contributed by atoms with van der Waals surface area (Å²) in [4.78, 5) is 19.9.